The van der Waals surface area contributed by atoms with E-state index in [-0.39, 0.29) is 0 Å². The predicted molar refractivity (Wildman–Crippen MR) is 55.9 cm³/mol. The summed E-state index contributed by atoms with van der Waals surface area (Å²) in [6, 6.07) is 1.96. The summed E-state index contributed by atoms with van der Waals surface area (Å²) in [6.07, 6.45) is 0. The maximum absolute atomic E-state index is 5.79. The Labute approximate surface area is 80.6 Å². The van der Waals surface area contributed by atoms with Crippen LogP contribution < -0.4 is 5.73 Å². The Bertz CT molecular complexity index is 433. The van der Waals surface area contributed by atoms with Crippen LogP contribution in [-0.4, -0.2) is 9.97 Å². The molecule has 0 aliphatic carbocycles. The van der Waals surface area contributed by atoms with Crippen molar-refractivity contribution in [1.29, 1.82) is 0 Å². The van der Waals surface area contributed by atoms with Gasteiger partial charge in [0, 0.05) is 5.92 Å². The summed E-state index contributed by atoms with van der Waals surface area (Å²) in [5.41, 5.74) is 5.79. The van der Waals surface area contributed by atoms with Crippen LogP contribution in [0, 0.1) is 0 Å². The second-order valence-electron chi connectivity index (χ2n) is 3.26. The topological polar surface area (TPSA) is 51.8 Å². The third-order valence-electron chi connectivity index (χ3n) is 1.89. The molecule has 0 saturated carbocycles. The van der Waals surface area contributed by atoms with E-state index >= 15 is 0 Å². The molecule has 0 aromatic carbocycles. The fourth-order valence-electron chi connectivity index (χ4n) is 1.15. The van der Waals surface area contributed by atoms with E-state index in [4.69, 9.17) is 5.73 Å². The standard InChI is InChI=1S/C9H11N3S/c1-5(2)8-11-7(10)6-3-4-13-9(6)12-8/h3-5H,1-2H3,(H2,10,11,12). The van der Waals surface area contributed by atoms with Crippen LogP contribution in [0.2, 0.25) is 0 Å². The van der Waals surface area contributed by atoms with Gasteiger partial charge in [-0.25, -0.2) is 9.97 Å². The number of anilines is 1. The van der Waals surface area contributed by atoms with E-state index in [1.54, 1.807) is 11.3 Å². The van der Waals surface area contributed by atoms with Crippen LogP contribution in [0.5, 0.6) is 0 Å². The molecule has 2 aromatic rings. The van der Waals surface area contributed by atoms with Crippen molar-refractivity contribution < 1.29 is 0 Å². The average molecular weight is 193 g/mol. The fourth-order valence-corrected chi connectivity index (χ4v) is 1.93. The van der Waals surface area contributed by atoms with E-state index in [2.05, 4.69) is 23.8 Å². The third-order valence-corrected chi connectivity index (χ3v) is 2.69. The van der Waals surface area contributed by atoms with Crippen molar-refractivity contribution in [2.24, 2.45) is 0 Å². The highest BCUT2D eigenvalue weighted by Gasteiger charge is 2.08. The Kier molecular flexibility index (Phi) is 1.92. The lowest BCUT2D eigenvalue weighted by atomic mass is 10.2. The Morgan fingerprint density at radius 2 is 2.15 bits per heavy atom. The molecule has 0 spiro atoms. The molecule has 0 amide bonds. The Morgan fingerprint density at radius 3 is 2.85 bits per heavy atom. The lowest BCUT2D eigenvalue weighted by Gasteiger charge is -2.04. The van der Waals surface area contributed by atoms with Crippen molar-refractivity contribution >= 4 is 27.4 Å². The molecule has 2 aromatic heterocycles. The summed E-state index contributed by atoms with van der Waals surface area (Å²) in [5.74, 6) is 1.75. The number of hydrogen-bond acceptors (Lipinski definition) is 4. The average Bonchev–Trinajstić information content (AvgIpc) is 2.51. The van der Waals surface area contributed by atoms with Crippen molar-refractivity contribution in [3.05, 3.63) is 17.3 Å². The smallest absolute Gasteiger partial charge is 0.135 e. The highest BCUT2D eigenvalue weighted by molar-refractivity contribution is 7.16. The molecule has 0 aliphatic rings. The third kappa shape index (κ3) is 1.37. The number of nitrogen functional groups attached to an aromatic ring is 1. The van der Waals surface area contributed by atoms with Crippen molar-refractivity contribution in [3.8, 4) is 0 Å². The maximum atomic E-state index is 5.79. The van der Waals surface area contributed by atoms with Gasteiger partial charge in [0.15, 0.2) is 0 Å². The van der Waals surface area contributed by atoms with Crippen LogP contribution in [0.3, 0.4) is 0 Å². The van der Waals surface area contributed by atoms with Crippen molar-refractivity contribution in [3.63, 3.8) is 0 Å². The van der Waals surface area contributed by atoms with Crippen LogP contribution in [0.4, 0.5) is 5.82 Å². The van der Waals surface area contributed by atoms with E-state index in [1.807, 2.05) is 11.4 Å². The van der Waals surface area contributed by atoms with E-state index in [0.29, 0.717) is 11.7 Å². The number of hydrogen-bond donors (Lipinski definition) is 1. The lowest BCUT2D eigenvalue weighted by molar-refractivity contribution is 0.786. The first-order valence-corrected chi connectivity index (χ1v) is 5.07. The van der Waals surface area contributed by atoms with E-state index in [9.17, 15) is 0 Å². The monoisotopic (exact) mass is 193 g/mol. The SMILES string of the molecule is CC(C)c1nc(N)c2ccsc2n1. The van der Waals surface area contributed by atoms with Crippen molar-refractivity contribution in [1.82, 2.24) is 9.97 Å². The zero-order chi connectivity index (χ0) is 9.42. The molecular weight excluding hydrogens is 182 g/mol. The number of thiophene rings is 1. The molecule has 68 valence electrons. The molecule has 0 aliphatic heterocycles. The Morgan fingerprint density at radius 1 is 1.38 bits per heavy atom. The van der Waals surface area contributed by atoms with E-state index < -0.39 is 0 Å². The van der Waals surface area contributed by atoms with Gasteiger partial charge in [-0.3, -0.25) is 0 Å². The fraction of sp³-hybridized carbons (Fsp3) is 0.333. The van der Waals surface area contributed by atoms with Gasteiger partial charge >= 0.3 is 0 Å². The molecule has 3 nitrogen and oxygen atoms in total. The molecular formula is C9H11N3S. The van der Waals surface area contributed by atoms with Gasteiger partial charge in [-0.2, -0.15) is 0 Å². The first kappa shape index (κ1) is 8.44. The van der Waals surface area contributed by atoms with Gasteiger partial charge in [-0.05, 0) is 11.4 Å². The minimum Gasteiger partial charge on any atom is -0.383 e. The quantitative estimate of drug-likeness (QED) is 0.756. The number of nitrogens with two attached hydrogens (primary N) is 1. The summed E-state index contributed by atoms with van der Waals surface area (Å²) < 4.78 is 0. The minimum atomic E-state index is 0.328. The Hall–Kier alpha value is -1.16. The summed E-state index contributed by atoms with van der Waals surface area (Å²) in [4.78, 5) is 9.65. The molecule has 0 saturated heterocycles. The summed E-state index contributed by atoms with van der Waals surface area (Å²) in [7, 11) is 0. The summed E-state index contributed by atoms with van der Waals surface area (Å²) >= 11 is 1.60. The molecule has 0 atom stereocenters. The highest BCUT2D eigenvalue weighted by Crippen LogP contribution is 2.24. The molecule has 0 bridgehead atoms. The van der Waals surface area contributed by atoms with Crippen LogP contribution in [0.1, 0.15) is 25.6 Å². The number of nitrogens with zero attached hydrogens (tertiary/aromatic N) is 2. The van der Waals surface area contributed by atoms with Gasteiger partial charge in [0.1, 0.15) is 16.5 Å². The number of aromatic nitrogens is 2. The zero-order valence-corrected chi connectivity index (χ0v) is 8.43. The number of rotatable bonds is 1. The van der Waals surface area contributed by atoms with Gasteiger partial charge in [0.05, 0.1) is 5.39 Å². The Balaban J connectivity index is 2.70. The molecule has 4 heteroatoms. The van der Waals surface area contributed by atoms with E-state index in [0.717, 1.165) is 16.0 Å². The molecule has 2 heterocycles. The molecule has 13 heavy (non-hydrogen) atoms. The maximum Gasteiger partial charge on any atom is 0.135 e. The summed E-state index contributed by atoms with van der Waals surface area (Å²) in [5, 5.41) is 2.95. The molecule has 0 fully saturated rings. The zero-order valence-electron chi connectivity index (χ0n) is 7.61. The summed E-state index contributed by atoms with van der Waals surface area (Å²) in [6.45, 7) is 4.13. The molecule has 0 unspecified atom stereocenters. The van der Waals surface area contributed by atoms with Crippen LogP contribution >= 0.6 is 11.3 Å². The second kappa shape index (κ2) is 2.96. The molecule has 0 radical (unpaired) electrons. The largest absolute Gasteiger partial charge is 0.383 e. The van der Waals surface area contributed by atoms with Crippen LogP contribution in [0.25, 0.3) is 10.2 Å². The van der Waals surface area contributed by atoms with E-state index in [1.165, 1.54) is 0 Å². The van der Waals surface area contributed by atoms with Gasteiger partial charge in [-0.15, -0.1) is 11.3 Å². The number of fused-ring (bicyclic) bond motifs is 1. The highest BCUT2D eigenvalue weighted by atomic mass is 32.1. The first-order chi connectivity index (χ1) is 6.18. The normalized spacial score (nSPS) is 11.3. The molecule has 2 rings (SSSR count). The lowest BCUT2D eigenvalue weighted by Crippen LogP contribution is -2.00. The second-order valence-corrected chi connectivity index (χ2v) is 4.16. The van der Waals surface area contributed by atoms with Gasteiger partial charge in [0.2, 0.25) is 0 Å². The molecule has 2 N–H and O–H groups in total. The van der Waals surface area contributed by atoms with Gasteiger partial charge in [0.25, 0.3) is 0 Å². The first-order valence-electron chi connectivity index (χ1n) is 4.19. The van der Waals surface area contributed by atoms with Crippen LogP contribution in [0.15, 0.2) is 11.4 Å². The van der Waals surface area contributed by atoms with Crippen molar-refractivity contribution in [2.45, 2.75) is 19.8 Å². The van der Waals surface area contributed by atoms with Crippen molar-refractivity contribution in [2.75, 3.05) is 5.73 Å². The predicted octanol–water partition coefficient (Wildman–Crippen LogP) is 2.40. The van der Waals surface area contributed by atoms with Gasteiger partial charge < -0.3 is 5.73 Å². The minimum absolute atomic E-state index is 0.328. The van der Waals surface area contributed by atoms with Gasteiger partial charge in [-0.1, -0.05) is 13.8 Å². The van der Waals surface area contributed by atoms with Crippen LogP contribution in [-0.2, 0) is 0 Å².